The highest BCUT2D eigenvalue weighted by Crippen LogP contribution is 2.31. The number of nitrogens with two attached hydrogens (primary N) is 1. The van der Waals surface area contributed by atoms with Crippen LogP contribution in [0.2, 0.25) is 0 Å². The van der Waals surface area contributed by atoms with Crippen LogP contribution < -0.4 is 10.5 Å². The molecule has 0 atom stereocenters. The highest BCUT2D eigenvalue weighted by molar-refractivity contribution is 7.89. The van der Waals surface area contributed by atoms with Crippen LogP contribution in [0.4, 0.5) is 0 Å². The Labute approximate surface area is 70.2 Å². The molecule has 0 heterocycles. The first-order chi connectivity index (χ1) is 5.21. The fourth-order valence-electron chi connectivity index (χ4n) is 0.439. The molecule has 0 saturated carbocycles. The van der Waals surface area contributed by atoms with Crippen molar-refractivity contribution in [1.29, 1.82) is 0 Å². The highest BCUT2D eigenvalue weighted by Gasteiger charge is 2.11. The van der Waals surface area contributed by atoms with Gasteiger partial charge in [-0.1, -0.05) is 0 Å². The van der Waals surface area contributed by atoms with Gasteiger partial charge in [-0.3, -0.25) is 4.57 Å². The largest absolute Gasteiger partial charge is 0.339 e. The standard InChI is InChI=1S/C3H11N2O5PS/c4-12(9,10)2-1-5-3-11(6,7)8/h5H,1-3H2,(H2,4,9,10)(H2,6,7,8). The molecule has 0 aliphatic carbocycles. The Hall–Kier alpha value is 0.0200. The molecule has 0 aliphatic heterocycles. The van der Waals surface area contributed by atoms with Crippen LogP contribution in [0.1, 0.15) is 0 Å². The van der Waals surface area contributed by atoms with E-state index in [0.29, 0.717) is 0 Å². The summed E-state index contributed by atoms with van der Waals surface area (Å²) in [7, 11) is -7.65. The van der Waals surface area contributed by atoms with E-state index in [2.05, 4.69) is 10.5 Å². The molecule has 0 fully saturated rings. The lowest BCUT2D eigenvalue weighted by Gasteiger charge is -2.04. The lowest BCUT2D eigenvalue weighted by atomic mass is 10.8. The van der Waals surface area contributed by atoms with Gasteiger partial charge in [-0.05, 0) is 0 Å². The summed E-state index contributed by atoms with van der Waals surface area (Å²) in [5.41, 5.74) is 0. The normalized spacial score (nSPS) is 13.2. The number of sulfonamides is 1. The molecule has 0 aromatic heterocycles. The molecule has 0 unspecified atom stereocenters. The Morgan fingerprint density at radius 1 is 1.42 bits per heavy atom. The zero-order valence-corrected chi connectivity index (χ0v) is 7.88. The fourth-order valence-corrected chi connectivity index (χ4v) is 1.32. The number of rotatable bonds is 5. The van der Waals surface area contributed by atoms with Crippen molar-refractivity contribution in [3.8, 4) is 0 Å². The fraction of sp³-hybridized carbons (Fsp3) is 1.00. The van der Waals surface area contributed by atoms with Crippen molar-refractivity contribution in [3.05, 3.63) is 0 Å². The zero-order valence-electron chi connectivity index (χ0n) is 6.17. The second-order valence-corrected chi connectivity index (χ2v) is 5.57. The van der Waals surface area contributed by atoms with E-state index < -0.39 is 23.9 Å². The van der Waals surface area contributed by atoms with Gasteiger partial charge in [0, 0.05) is 6.54 Å². The maximum absolute atomic E-state index is 10.3. The Morgan fingerprint density at radius 2 is 1.92 bits per heavy atom. The van der Waals surface area contributed by atoms with Crippen LogP contribution in [0, 0.1) is 0 Å². The Balaban J connectivity index is 3.55. The van der Waals surface area contributed by atoms with Crippen molar-refractivity contribution >= 4 is 17.6 Å². The third-order valence-electron chi connectivity index (χ3n) is 0.881. The molecule has 0 rings (SSSR count). The number of hydrogen-bond acceptors (Lipinski definition) is 4. The summed E-state index contributed by atoms with van der Waals surface area (Å²) in [5, 5.41) is 6.88. The number of primary sulfonamides is 1. The average molecular weight is 218 g/mol. The van der Waals surface area contributed by atoms with Crippen molar-refractivity contribution in [2.45, 2.75) is 0 Å². The van der Waals surface area contributed by atoms with Gasteiger partial charge in [0.15, 0.2) is 0 Å². The second kappa shape index (κ2) is 4.31. The molecule has 0 bridgehead atoms. The maximum atomic E-state index is 10.3. The molecule has 0 amide bonds. The average Bonchev–Trinajstić information content (AvgIpc) is 1.76. The second-order valence-electron chi connectivity index (χ2n) is 2.19. The van der Waals surface area contributed by atoms with Crippen LogP contribution in [0.3, 0.4) is 0 Å². The molecule has 0 spiro atoms. The van der Waals surface area contributed by atoms with E-state index in [4.69, 9.17) is 9.79 Å². The van der Waals surface area contributed by atoms with Crippen molar-refractivity contribution in [2.24, 2.45) is 5.14 Å². The minimum Gasteiger partial charge on any atom is -0.324 e. The Bertz CT molecular complexity index is 268. The quantitative estimate of drug-likeness (QED) is 0.312. The van der Waals surface area contributed by atoms with Crippen LogP contribution in [0.5, 0.6) is 0 Å². The van der Waals surface area contributed by atoms with E-state index in [9.17, 15) is 13.0 Å². The summed E-state index contributed by atoms with van der Waals surface area (Å²) in [6.45, 7) is -0.0655. The van der Waals surface area contributed by atoms with Gasteiger partial charge in [-0.2, -0.15) is 0 Å². The molecule has 0 saturated heterocycles. The first-order valence-electron chi connectivity index (χ1n) is 2.96. The monoisotopic (exact) mass is 218 g/mol. The minimum absolute atomic E-state index is 0.0655. The minimum atomic E-state index is -4.09. The van der Waals surface area contributed by atoms with Gasteiger partial charge in [-0.15, -0.1) is 0 Å². The van der Waals surface area contributed by atoms with Gasteiger partial charge >= 0.3 is 7.60 Å². The van der Waals surface area contributed by atoms with Gasteiger partial charge in [0.25, 0.3) is 0 Å². The van der Waals surface area contributed by atoms with Crippen LogP contribution in [-0.2, 0) is 14.6 Å². The molecule has 9 heteroatoms. The van der Waals surface area contributed by atoms with E-state index in [1.165, 1.54) is 0 Å². The summed E-state index contributed by atoms with van der Waals surface area (Å²) in [6.07, 6.45) is -0.539. The zero-order chi connectivity index (χ0) is 9.83. The van der Waals surface area contributed by atoms with Gasteiger partial charge < -0.3 is 15.1 Å². The summed E-state index contributed by atoms with van der Waals surface area (Å²) in [6, 6.07) is 0. The Morgan fingerprint density at radius 3 is 2.25 bits per heavy atom. The molecule has 12 heavy (non-hydrogen) atoms. The first-order valence-corrected chi connectivity index (χ1v) is 6.48. The molecule has 0 aliphatic rings. The molecular formula is C3H11N2O5PS. The molecule has 5 N–H and O–H groups in total. The summed E-state index contributed by atoms with van der Waals surface area (Å²) < 4.78 is 30.8. The lowest BCUT2D eigenvalue weighted by Crippen LogP contribution is -2.27. The van der Waals surface area contributed by atoms with Gasteiger partial charge in [0.1, 0.15) is 0 Å². The highest BCUT2D eigenvalue weighted by atomic mass is 32.2. The van der Waals surface area contributed by atoms with Crippen molar-refractivity contribution in [3.63, 3.8) is 0 Å². The van der Waals surface area contributed by atoms with Crippen LogP contribution >= 0.6 is 7.60 Å². The van der Waals surface area contributed by atoms with E-state index in [-0.39, 0.29) is 12.3 Å². The van der Waals surface area contributed by atoms with Crippen LogP contribution in [0.15, 0.2) is 0 Å². The number of hydrogen-bond donors (Lipinski definition) is 4. The van der Waals surface area contributed by atoms with E-state index in [0.717, 1.165) is 0 Å². The van der Waals surface area contributed by atoms with Crippen LogP contribution in [-0.4, -0.2) is 36.8 Å². The van der Waals surface area contributed by atoms with Gasteiger partial charge in [0.2, 0.25) is 10.0 Å². The molecule has 0 aromatic rings. The topological polar surface area (TPSA) is 130 Å². The third-order valence-corrected chi connectivity index (χ3v) is 2.29. The van der Waals surface area contributed by atoms with E-state index in [1.54, 1.807) is 0 Å². The number of nitrogens with one attached hydrogen (secondary N) is 1. The van der Waals surface area contributed by atoms with Crippen molar-refractivity contribution in [2.75, 3.05) is 18.6 Å². The third kappa shape index (κ3) is 10.0. The summed E-state index contributed by atoms with van der Waals surface area (Å²) in [4.78, 5) is 16.6. The van der Waals surface area contributed by atoms with Crippen LogP contribution in [0.25, 0.3) is 0 Å². The van der Waals surface area contributed by atoms with E-state index >= 15 is 0 Å². The smallest absolute Gasteiger partial charge is 0.324 e. The van der Waals surface area contributed by atoms with Crippen molar-refractivity contribution in [1.82, 2.24) is 5.32 Å². The molecular weight excluding hydrogens is 207 g/mol. The predicted octanol–water partition coefficient (Wildman–Crippen LogP) is -2.00. The molecule has 0 aromatic carbocycles. The lowest BCUT2D eigenvalue weighted by molar-refractivity contribution is 0.368. The first kappa shape index (κ1) is 12.0. The Kier molecular flexibility index (Phi) is 4.32. The molecule has 0 radical (unpaired) electrons. The summed E-state index contributed by atoms with van der Waals surface area (Å²) in [5.74, 6) is -0.340. The summed E-state index contributed by atoms with van der Waals surface area (Å²) >= 11 is 0. The maximum Gasteiger partial charge on any atom is 0.339 e. The van der Waals surface area contributed by atoms with Gasteiger partial charge in [-0.25, -0.2) is 13.6 Å². The SMILES string of the molecule is NS(=O)(=O)CCNCP(=O)(O)O. The van der Waals surface area contributed by atoms with Gasteiger partial charge in [0.05, 0.1) is 12.0 Å². The molecule has 7 nitrogen and oxygen atoms in total. The van der Waals surface area contributed by atoms with Crippen molar-refractivity contribution < 1.29 is 22.8 Å². The predicted molar refractivity (Wildman–Crippen MR) is 42.9 cm³/mol. The molecule has 74 valence electrons. The van der Waals surface area contributed by atoms with E-state index in [1.807, 2.05) is 0 Å².